The molecule has 0 radical (unpaired) electrons. The Kier molecular flexibility index (Phi) is 4.76. The van der Waals surface area contributed by atoms with Crippen LogP contribution in [0.5, 0.6) is 0 Å². The molecule has 2 rings (SSSR count). The van der Waals surface area contributed by atoms with E-state index in [4.69, 9.17) is 4.74 Å². The normalized spacial score (nSPS) is 17.3. The molecule has 0 atom stereocenters. The van der Waals surface area contributed by atoms with Crippen molar-refractivity contribution < 1.29 is 13.2 Å². The molecular weight excluding hydrogens is 266 g/mol. The summed E-state index contributed by atoms with van der Waals surface area (Å²) >= 11 is 0. The second-order valence-corrected chi connectivity index (χ2v) is 5.94. The molecule has 1 aromatic carbocycles. The highest BCUT2D eigenvalue weighted by Crippen LogP contribution is 2.21. The second-order valence-electron chi connectivity index (χ2n) is 4.21. The summed E-state index contributed by atoms with van der Waals surface area (Å²) in [4.78, 5) is 0.267. The number of hydrazine groups is 1. The molecule has 7 heteroatoms. The van der Waals surface area contributed by atoms with Crippen molar-refractivity contribution in [1.82, 2.24) is 9.73 Å². The number of nitrogens with one attached hydrogen (secondary N) is 2. The van der Waals surface area contributed by atoms with Crippen LogP contribution in [0.1, 0.15) is 6.92 Å². The highest BCUT2D eigenvalue weighted by atomic mass is 32.2. The minimum absolute atomic E-state index is 0.267. The first-order valence-corrected chi connectivity index (χ1v) is 7.80. The largest absolute Gasteiger partial charge is 0.379 e. The maximum absolute atomic E-state index is 12.1. The molecule has 2 N–H and O–H groups in total. The van der Waals surface area contributed by atoms with Gasteiger partial charge in [0.05, 0.1) is 18.9 Å². The second kappa shape index (κ2) is 6.33. The van der Waals surface area contributed by atoms with Crippen molar-refractivity contribution in [2.75, 3.05) is 38.3 Å². The average Bonchev–Trinajstić information content (AvgIpc) is 2.40. The maximum Gasteiger partial charge on any atom is 0.242 e. The third kappa shape index (κ3) is 3.66. The number of sulfonamides is 1. The fourth-order valence-corrected chi connectivity index (χ4v) is 3.10. The van der Waals surface area contributed by atoms with Crippen LogP contribution in [0.15, 0.2) is 29.2 Å². The number of ether oxygens (including phenoxy) is 1. The van der Waals surface area contributed by atoms with Crippen LogP contribution in [-0.2, 0) is 14.8 Å². The van der Waals surface area contributed by atoms with Gasteiger partial charge in [-0.05, 0) is 12.1 Å². The standard InChI is InChI=1S/C12H19N3O3S/c1-2-13-19(16,17)12-6-4-3-5-11(12)14-15-7-9-18-10-8-15/h3-6,13-14H,2,7-10H2,1H3. The lowest BCUT2D eigenvalue weighted by atomic mass is 10.3. The summed E-state index contributed by atoms with van der Waals surface area (Å²) in [7, 11) is -3.46. The Morgan fingerprint density at radius 3 is 2.63 bits per heavy atom. The lowest BCUT2D eigenvalue weighted by molar-refractivity contribution is 0.0495. The zero-order chi connectivity index (χ0) is 13.7. The van der Waals surface area contributed by atoms with E-state index < -0.39 is 10.0 Å². The van der Waals surface area contributed by atoms with E-state index in [1.807, 2.05) is 11.1 Å². The molecule has 19 heavy (non-hydrogen) atoms. The Labute approximate surface area is 113 Å². The lowest BCUT2D eigenvalue weighted by Gasteiger charge is -2.28. The van der Waals surface area contributed by atoms with Gasteiger partial charge in [0, 0.05) is 19.6 Å². The molecule has 6 nitrogen and oxygen atoms in total. The van der Waals surface area contributed by atoms with Crippen molar-refractivity contribution in [3.8, 4) is 0 Å². The van der Waals surface area contributed by atoms with Crippen molar-refractivity contribution in [2.24, 2.45) is 0 Å². The Morgan fingerprint density at radius 2 is 1.95 bits per heavy atom. The van der Waals surface area contributed by atoms with Crippen molar-refractivity contribution in [2.45, 2.75) is 11.8 Å². The number of benzene rings is 1. The van der Waals surface area contributed by atoms with Crippen molar-refractivity contribution in [1.29, 1.82) is 0 Å². The first-order chi connectivity index (χ1) is 9.13. The molecule has 0 aliphatic carbocycles. The lowest BCUT2D eigenvalue weighted by Crippen LogP contribution is -2.40. The molecule has 0 amide bonds. The van der Waals surface area contributed by atoms with Crippen LogP contribution in [0.4, 0.5) is 5.69 Å². The third-order valence-electron chi connectivity index (χ3n) is 2.80. The molecular formula is C12H19N3O3S. The Balaban J connectivity index is 2.20. The highest BCUT2D eigenvalue weighted by Gasteiger charge is 2.19. The molecule has 1 fully saturated rings. The molecule has 1 saturated heterocycles. The maximum atomic E-state index is 12.1. The van der Waals surface area contributed by atoms with E-state index in [1.165, 1.54) is 0 Å². The first kappa shape index (κ1) is 14.3. The molecule has 0 spiro atoms. The highest BCUT2D eigenvalue weighted by molar-refractivity contribution is 7.89. The van der Waals surface area contributed by atoms with E-state index >= 15 is 0 Å². The van der Waals surface area contributed by atoms with Crippen LogP contribution < -0.4 is 10.1 Å². The van der Waals surface area contributed by atoms with Gasteiger partial charge in [0.15, 0.2) is 0 Å². The summed E-state index contributed by atoms with van der Waals surface area (Å²) in [5.41, 5.74) is 3.74. The molecule has 106 valence electrons. The smallest absolute Gasteiger partial charge is 0.242 e. The number of para-hydroxylation sites is 1. The van der Waals surface area contributed by atoms with Gasteiger partial charge in [0.25, 0.3) is 0 Å². The topological polar surface area (TPSA) is 70.7 Å². The van der Waals surface area contributed by atoms with Gasteiger partial charge in [-0.2, -0.15) is 0 Å². The van der Waals surface area contributed by atoms with Gasteiger partial charge >= 0.3 is 0 Å². The van der Waals surface area contributed by atoms with Crippen LogP contribution in [-0.4, -0.2) is 46.3 Å². The summed E-state index contributed by atoms with van der Waals surface area (Å²) < 4.78 is 32.0. The molecule has 0 bridgehead atoms. The van der Waals surface area contributed by atoms with Gasteiger partial charge in [-0.15, -0.1) is 0 Å². The Bertz CT molecular complexity index is 513. The summed E-state index contributed by atoms with van der Waals surface area (Å²) in [5, 5.41) is 1.96. The van der Waals surface area contributed by atoms with Crippen LogP contribution in [0.2, 0.25) is 0 Å². The summed E-state index contributed by atoms with van der Waals surface area (Å²) in [6, 6.07) is 6.89. The van der Waals surface area contributed by atoms with Gasteiger partial charge in [-0.25, -0.2) is 18.1 Å². The first-order valence-electron chi connectivity index (χ1n) is 6.31. The number of nitrogens with zero attached hydrogens (tertiary/aromatic N) is 1. The minimum atomic E-state index is -3.46. The zero-order valence-corrected chi connectivity index (χ0v) is 11.7. The van der Waals surface area contributed by atoms with Gasteiger partial charge in [0.2, 0.25) is 10.0 Å². The van der Waals surface area contributed by atoms with Gasteiger partial charge in [-0.1, -0.05) is 19.1 Å². The molecule has 0 aromatic heterocycles. The van der Waals surface area contributed by atoms with E-state index in [1.54, 1.807) is 25.1 Å². The van der Waals surface area contributed by atoms with E-state index in [0.29, 0.717) is 25.4 Å². The van der Waals surface area contributed by atoms with Gasteiger partial charge < -0.3 is 10.2 Å². The predicted molar refractivity (Wildman–Crippen MR) is 73.3 cm³/mol. The van der Waals surface area contributed by atoms with Crippen LogP contribution >= 0.6 is 0 Å². The van der Waals surface area contributed by atoms with E-state index in [2.05, 4.69) is 10.1 Å². The number of hydrogen-bond donors (Lipinski definition) is 2. The molecule has 0 unspecified atom stereocenters. The molecule has 1 aliphatic rings. The van der Waals surface area contributed by atoms with Gasteiger partial charge in [-0.3, -0.25) is 0 Å². The summed E-state index contributed by atoms with van der Waals surface area (Å²) in [5.74, 6) is 0. The van der Waals surface area contributed by atoms with Crippen molar-refractivity contribution >= 4 is 15.7 Å². The zero-order valence-electron chi connectivity index (χ0n) is 10.9. The minimum Gasteiger partial charge on any atom is -0.379 e. The van der Waals surface area contributed by atoms with Crippen molar-refractivity contribution in [3.05, 3.63) is 24.3 Å². The molecule has 1 heterocycles. The van der Waals surface area contributed by atoms with Crippen molar-refractivity contribution in [3.63, 3.8) is 0 Å². The van der Waals surface area contributed by atoms with E-state index in [-0.39, 0.29) is 4.90 Å². The molecule has 1 aromatic rings. The predicted octanol–water partition coefficient (Wildman–Crippen LogP) is 0.644. The molecule has 1 aliphatic heterocycles. The van der Waals surface area contributed by atoms with Crippen LogP contribution in [0.25, 0.3) is 0 Å². The molecule has 0 saturated carbocycles. The summed E-state index contributed by atoms with van der Waals surface area (Å²) in [6.07, 6.45) is 0. The number of hydrogen-bond acceptors (Lipinski definition) is 5. The monoisotopic (exact) mass is 285 g/mol. The quantitative estimate of drug-likeness (QED) is 0.831. The fraction of sp³-hybridized carbons (Fsp3) is 0.500. The third-order valence-corrected chi connectivity index (χ3v) is 4.40. The van der Waals surface area contributed by atoms with Crippen LogP contribution in [0, 0.1) is 0 Å². The Hall–Kier alpha value is -1.15. The SMILES string of the molecule is CCNS(=O)(=O)c1ccccc1NN1CCOCC1. The van der Waals surface area contributed by atoms with E-state index in [0.717, 1.165) is 13.1 Å². The number of anilines is 1. The van der Waals surface area contributed by atoms with E-state index in [9.17, 15) is 8.42 Å². The number of morpholine rings is 1. The number of rotatable bonds is 5. The Morgan fingerprint density at radius 1 is 1.26 bits per heavy atom. The summed E-state index contributed by atoms with van der Waals surface area (Å²) in [6.45, 7) is 4.89. The average molecular weight is 285 g/mol. The fourth-order valence-electron chi connectivity index (χ4n) is 1.91. The van der Waals surface area contributed by atoms with Crippen LogP contribution in [0.3, 0.4) is 0 Å². The van der Waals surface area contributed by atoms with Gasteiger partial charge in [0.1, 0.15) is 4.90 Å².